The summed E-state index contributed by atoms with van der Waals surface area (Å²) in [6, 6.07) is 4.77. The van der Waals surface area contributed by atoms with E-state index < -0.39 is 0 Å². The van der Waals surface area contributed by atoms with Crippen LogP contribution in [0.3, 0.4) is 0 Å². The molecule has 0 spiro atoms. The molecule has 1 N–H and O–H groups in total. The maximum absolute atomic E-state index is 12.4. The second-order valence-electron chi connectivity index (χ2n) is 6.08. The van der Waals surface area contributed by atoms with Crippen LogP contribution in [0.15, 0.2) is 17.5 Å². The van der Waals surface area contributed by atoms with E-state index in [0.29, 0.717) is 32.3 Å². The first-order valence-corrected chi connectivity index (χ1v) is 9.03. The zero-order chi connectivity index (χ0) is 15.4. The summed E-state index contributed by atoms with van der Waals surface area (Å²) >= 11 is 1.78. The number of urea groups is 1. The molecule has 2 saturated heterocycles. The number of thiophene rings is 1. The molecule has 5 nitrogen and oxygen atoms in total. The number of ether oxygens (including phenoxy) is 1. The average Bonchev–Trinajstić information content (AvgIpc) is 3.21. The number of carbonyl (C=O) groups excluding carboxylic acids is 1. The van der Waals surface area contributed by atoms with Crippen molar-refractivity contribution < 1.29 is 9.53 Å². The Morgan fingerprint density at radius 2 is 2.27 bits per heavy atom. The first-order chi connectivity index (χ1) is 10.8. The fourth-order valence-electron chi connectivity index (χ4n) is 3.26. The van der Waals surface area contributed by atoms with Crippen LogP contribution in [-0.4, -0.2) is 61.3 Å². The molecule has 2 atom stereocenters. The number of nitrogens with zero attached hydrogens (tertiary/aromatic N) is 2. The Balaban J connectivity index is 1.60. The van der Waals surface area contributed by atoms with Gasteiger partial charge in [0, 0.05) is 18.0 Å². The monoisotopic (exact) mass is 323 g/mol. The van der Waals surface area contributed by atoms with Gasteiger partial charge in [-0.1, -0.05) is 6.07 Å². The van der Waals surface area contributed by atoms with Gasteiger partial charge in [0.05, 0.1) is 25.3 Å². The van der Waals surface area contributed by atoms with Crippen molar-refractivity contribution >= 4 is 17.4 Å². The summed E-state index contributed by atoms with van der Waals surface area (Å²) in [4.78, 5) is 18.2. The van der Waals surface area contributed by atoms with Crippen LogP contribution >= 0.6 is 11.3 Å². The van der Waals surface area contributed by atoms with Crippen molar-refractivity contribution in [3.05, 3.63) is 22.4 Å². The van der Waals surface area contributed by atoms with Crippen LogP contribution in [0.25, 0.3) is 0 Å². The van der Waals surface area contributed by atoms with Gasteiger partial charge in [-0.15, -0.1) is 11.3 Å². The predicted molar refractivity (Wildman–Crippen MR) is 88.3 cm³/mol. The van der Waals surface area contributed by atoms with Crippen LogP contribution in [0.1, 0.15) is 30.7 Å². The molecule has 2 aliphatic heterocycles. The number of carbonyl (C=O) groups is 1. The maximum atomic E-state index is 12.4. The summed E-state index contributed by atoms with van der Waals surface area (Å²) < 4.78 is 5.40. The minimum Gasteiger partial charge on any atom is -0.377 e. The zero-order valence-corrected chi connectivity index (χ0v) is 14.0. The number of hydrogen-bond donors (Lipinski definition) is 1. The second kappa shape index (κ2) is 7.44. The van der Waals surface area contributed by atoms with Gasteiger partial charge < -0.3 is 15.0 Å². The second-order valence-corrected chi connectivity index (χ2v) is 7.06. The first kappa shape index (κ1) is 15.8. The van der Waals surface area contributed by atoms with Crippen molar-refractivity contribution in [1.29, 1.82) is 0 Å². The molecule has 0 saturated carbocycles. The molecule has 0 aliphatic carbocycles. The molecule has 122 valence electrons. The third-order valence-corrected chi connectivity index (χ3v) is 5.50. The molecule has 1 aromatic heterocycles. The van der Waals surface area contributed by atoms with Gasteiger partial charge in [0.15, 0.2) is 0 Å². The van der Waals surface area contributed by atoms with Gasteiger partial charge in [-0.05, 0) is 44.3 Å². The molecule has 3 rings (SSSR count). The molecule has 2 amide bonds. The van der Waals surface area contributed by atoms with Crippen LogP contribution < -0.4 is 5.32 Å². The fraction of sp³-hybridized carbons (Fsp3) is 0.688. The zero-order valence-electron chi connectivity index (χ0n) is 13.2. The van der Waals surface area contributed by atoms with Crippen LogP contribution in [0, 0.1) is 0 Å². The maximum Gasteiger partial charge on any atom is 0.317 e. The van der Waals surface area contributed by atoms with E-state index in [1.165, 1.54) is 17.7 Å². The predicted octanol–water partition coefficient (Wildman–Crippen LogP) is 2.32. The number of rotatable bonds is 4. The van der Waals surface area contributed by atoms with Gasteiger partial charge in [-0.2, -0.15) is 0 Å². The Hall–Kier alpha value is -1.11. The fourth-order valence-corrected chi connectivity index (χ4v) is 4.12. The van der Waals surface area contributed by atoms with E-state index in [4.69, 9.17) is 4.74 Å². The highest BCUT2D eigenvalue weighted by atomic mass is 32.1. The van der Waals surface area contributed by atoms with E-state index in [0.717, 1.165) is 13.1 Å². The van der Waals surface area contributed by atoms with Crippen LogP contribution in [0.5, 0.6) is 0 Å². The van der Waals surface area contributed by atoms with E-state index in [1.54, 1.807) is 11.3 Å². The minimum atomic E-state index is 0.0385. The van der Waals surface area contributed by atoms with Crippen molar-refractivity contribution in [1.82, 2.24) is 15.1 Å². The SMILES string of the molecule is C[C@@H]1COCCN1C(=O)NC[C@H](c1cccs1)N1CCCC1. The lowest BCUT2D eigenvalue weighted by atomic mass is 10.2. The lowest BCUT2D eigenvalue weighted by molar-refractivity contribution is 0.0187. The summed E-state index contributed by atoms with van der Waals surface area (Å²) in [5.74, 6) is 0. The van der Waals surface area contributed by atoms with Gasteiger partial charge in [0.1, 0.15) is 0 Å². The normalized spacial score (nSPS) is 24.4. The molecular formula is C16H25N3O2S. The van der Waals surface area contributed by atoms with Crippen molar-refractivity contribution in [2.24, 2.45) is 0 Å². The molecule has 3 heterocycles. The first-order valence-electron chi connectivity index (χ1n) is 8.15. The standard InChI is InChI=1S/C16H25N3O2S/c1-13-12-21-9-8-19(13)16(20)17-11-14(15-5-4-10-22-15)18-6-2-3-7-18/h4-5,10,13-14H,2-3,6-9,11-12H2,1H3,(H,17,20)/t13-,14-/m1/s1. The molecule has 2 fully saturated rings. The quantitative estimate of drug-likeness (QED) is 0.925. The summed E-state index contributed by atoms with van der Waals surface area (Å²) in [6.07, 6.45) is 2.52. The topological polar surface area (TPSA) is 44.8 Å². The lowest BCUT2D eigenvalue weighted by Crippen LogP contribution is -2.52. The van der Waals surface area contributed by atoms with Crippen LogP contribution in [-0.2, 0) is 4.74 Å². The number of amides is 2. The van der Waals surface area contributed by atoms with E-state index in [-0.39, 0.29) is 12.1 Å². The highest BCUT2D eigenvalue weighted by molar-refractivity contribution is 7.10. The van der Waals surface area contributed by atoms with E-state index in [2.05, 4.69) is 27.7 Å². The van der Waals surface area contributed by atoms with Gasteiger partial charge in [-0.25, -0.2) is 4.79 Å². The Bertz CT molecular complexity index is 474. The van der Waals surface area contributed by atoms with Crippen molar-refractivity contribution in [2.45, 2.75) is 31.8 Å². The lowest BCUT2D eigenvalue weighted by Gasteiger charge is -2.34. The highest BCUT2D eigenvalue weighted by Crippen LogP contribution is 2.27. The van der Waals surface area contributed by atoms with Gasteiger partial charge in [0.2, 0.25) is 0 Å². The van der Waals surface area contributed by atoms with E-state index >= 15 is 0 Å². The molecule has 0 bridgehead atoms. The summed E-state index contributed by atoms with van der Waals surface area (Å²) in [5.41, 5.74) is 0. The Morgan fingerprint density at radius 1 is 1.45 bits per heavy atom. The Morgan fingerprint density at radius 3 is 2.95 bits per heavy atom. The summed E-state index contributed by atoms with van der Waals surface area (Å²) in [5, 5.41) is 5.26. The van der Waals surface area contributed by atoms with Gasteiger partial charge >= 0.3 is 6.03 Å². The molecule has 2 aliphatic rings. The number of nitrogens with one attached hydrogen (secondary N) is 1. The Labute approximate surface area is 136 Å². The third-order valence-electron chi connectivity index (χ3n) is 4.53. The number of morpholine rings is 1. The smallest absolute Gasteiger partial charge is 0.317 e. The Kier molecular flexibility index (Phi) is 5.33. The average molecular weight is 323 g/mol. The third kappa shape index (κ3) is 3.62. The van der Waals surface area contributed by atoms with Crippen molar-refractivity contribution in [3.63, 3.8) is 0 Å². The molecule has 0 unspecified atom stereocenters. The molecule has 0 radical (unpaired) electrons. The number of hydrogen-bond acceptors (Lipinski definition) is 4. The largest absolute Gasteiger partial charge is 0.377 e. The number of likely N-dealkylation sites (tertiary alicyclic amines) is 1. The molecule has 22 heavy (non-hydrogen) atoms. The summed E-state index contributed by atoms with van der Waals surface area (Å²) in [6.45, 7) is 6.94. The van der Waals surface area contributed by atoms with E-state index in [9.17, 15) is 4.79 Å². The molecule has 1 aromatic rings. The van der Waals surface area contributed by atoms with Crippen molar-refractivity contribution in [3.8, 4) is 0 Å². The van der Waals surface area contributed by atoms with Crippen LogP contribution in [0.2, 0.25) is 0 Å². The molecule has 6 heteroatoms. The minimum absolute atomic E-state index is 0.0385. The van der Waals surface area contributed by atoms with Crippen molar-refractivity contribution in [2.75, 3.05) is 39.4 Å². The van der Waals surface area contributed by atoms with Gasteiger partial charge in [0.25, 0.3) is 0 Å². The molecule has 0 aromatic carbocycles. The molecular weight excluding hydrogens is 298 g/mol. The van der Waals surface area contributed by atoms with E-state index in [1.807, 2.05) is 11.8 Å². The highest BCUT2D eigenvalue weighted by Gasteiger charge is 2.27. The summed E-state index contributed by atoms with van der Waals surface area (Å²) in [7, 11) is 0. The van der Waals surface area contributed by atoms with Crippen LogP contribution in [0.4, 0.5) is 4.79 Å². The van der Waals surface area contributed by atoms with Gasteiger partial charge in [-0.3, -0.25) is 4.90 Å².